The molecule has 0 spiro atoms. The van der Waals surface area contributed by atoms with Gasteiger partial charge in [-0.25, -0.2) is 0 Å². The van der Waals surface area contributed by atoms with Crippen LogP contribution in [0.1, 0.15) is 18.1 Å². The molecule has 0 heterocycles. The first-order valence-electron chi connectivity index (χ1n) is 4.23. The Bertz CT molecular complexity index is 230. The molecule has 1 unspecified atom stereocenters. The van der Waals surface area contributed by atoms with Gasteiger partial charge < -0.3 is 8.85 Å². The molecule has 0 fully saturated rings. The van der Waals surface area contributed by atoms with Gasteiger partial charge in [0.2, 0.25) is 0 Å². The molecular formula is C9H13ClO2Si. The van der Waals surface area contributed by atoms with Crippen LogP contribution in [0.3, 0.4) is 0 Å². The number of hydrogen-bond donors (Lipinski definition) is 0. The lowest BCUT2D eigenvalue weighted by Crippen LogP contribution is -2.06. The van der Waals surface area contributed by atoms with Crippen molar-refractivity contribution in [2.45, 2.75) is 12.5 Å². The highest BCUT2D eigenvalue weighted by molar-refractivity contribution is 6.24. The first-order valence-corrected chi connectivity index (χ1v) is 5.82. The highest BCUT2D eigenvalue weighted by Crippen LogP contribution is 2.20. The predicted molar refractivity (Wildman–Crippen MR) is 56.3 cm³/mol. The summed E-state index contributed by atoms with van der Waals surface area (Å²) in [6, 6.07) is 9.72. The lowest BCUT2D eigenvalue weighted by molar-refractivity contribution is 0.213. The lowest BCUT2D eigenvalue weighted by Gasteiger charge is -2.10. The van der Waals surface area contributed by atoms with Crippen molar-refractivity contribution in [3.63, 3.8) is 0 Å². The minimum atomic E-state index is -0.912. The summed E-state index contributed by atoms with van der Waals surface area (Å²) in [5.74, 6) is 0. The van der Waals surface area contributed by atoms with E-state index in [1.807, 2.05) is 37.3 Å². The first-order chi connectivity index (χ1) is 6.34. The van der Waals surface area contributed by atoms with E-state index < -0.39 is 10.0 Å². The van der Waals surface area contributed by atoms with Gasteiger partial charge in [-0.05, 0) is 12.5 Å². The molecule has 13 heavy (non-hydrogen) atoms. The highest BCUT2D eigenvalue weighted by atomic mass is 35.5. The van der Waals surface area contributed by atoms with E-state index in [9.17, 15) is 0 Å². The van der Waals surface area contributed by atoms with Crippen molar-refractivity contribution in [2.24, 2.45) is 0 Å². The molecule has 0 saturated carbocycles. The third-order valence-electron chi connectivity index (χ3n) is 1.56. The largest absolute Gasteiger partial charge is 0.399 e. The average Bonchev–Trinajstić information content (AvgIpc) is 2.19. The van der Waals surface area contributed by atoms with E-state index in [1.54, 1.807) is 0 Å². The van der Waals surface area contributed by atoms with Crippen LogP contribution in [0.5, 0.6) is 0 Å². The molecule has 1 rings (SSSR count). The van der Waals surface area contributed by atoms with Crippen molar-refractivity contribution in [3.05, 3.63) is 35.9 Å². The second-order valence-corrected chi connectivity index (χ2v) is 3.88. The Morgan fingerprint density at radius 3 is 2.69 bits per heavy atom. The van der Waals surface area contributed by atoms with Gasteiger partial charge in [-0.15, -0.1) is 0 Å². The fourth-order valence-electron chi connectivity index (χ4n) is 0.892. The molecule has 4 heteroatoms. The quantitative estimate of drug-likeness (QED) is 0.426. The van der Waals surface area contributed by atoms with Crippen LogP contribution < -0.4 is 0 Å². The molecule has 0 aliphatic carbocycles. The van der Waals surface area contributed by atoms with E-state index >= 15 is 0 Å². The van der Waals surface area contributed by atoms with E-state index in [-0.39, 0.29) is 5.56 Å². The van der Waals surface area contributed by atoms with Gasteiger partial charge in [0.15, 0.2) is 0 Å². The van der Waals surface area contributed by atoms with Gasteiger partial charge in [-0.2, -0.15) is 0 Å². The zero-order chi connectivity index (χ0) is 9.52. The monoisotopic (exact) mass is 216 g/mol. The van der Waals surface area contributed by atoms with Crippen LogP contribution in [0.25, 0.3) is 0 Å². The van der Waals surface area contributed by atoms with Crippen molar-refractivity contribution >= 4 is 21.6 Å². The zero-order valence-corrected chi connectivity index (χ0v) is 9.74. The van der Waals surface area contributed by atoms with Gasteiger partial charge in [0.25, 0.3) is 0 Å². The van der Waals surface area contributed by atoms with E-state index in [4.69, 9.17) is 20.5 Å². The third-order valence-corrected chi connectivity index (χ3v) is 3.20. The van der Waals surface area contributed by atoms with E-state index in [0.29, 0.717) is 6.61 Å². The Kier molecular flexibility index (Phi) is 5.08. The summed E-state index contributed by atoms with van der Waals surface area (Å²) < 4.78 is 10.5. The molecule has 1 aromatic carbocycles. The molecule has 72 valence electrons. The Morgan fingerprint density at radius 2 is 2.08 bits per heavy atom. The summed E-state index contributed by atoms with van der Waals surface area (Å²) in [6.45, 7) is 2.65. The molecule has 0 aliphatic rings. The topological polar surface area (TPSA) is 18.5 Å². The van der Waals surface area contributed by atoms with E-state index in [2.05, 4.69) is 0 Å². The molecule has 0 radical (unpaired) electrons. The van der Waals surface area contributed by atoms with Crippen LogP contribution >= 0.6 is 11.6 Å². The van der Waals surface area contributed by atoms with Crippen molar-refractivity contribution in [2.75, 3.05) is 6.61 Å². The standard InChI is InChI=1S/C9H13ClO2Si/c1-2-11-13-12-9(10)8-6-4-3-5-7-8/h3-7,9H,2,13H2,1H3. The summed E-state index contributed by atoms with van der Waals surface area (Å²) in [6.07, 6.45) is 0. The molecule has 2 nitrogen and oxygen atoms in total. The Labute approximate surface area is 85.9 Å². The lowest BCUT2D eigenvalue weighted by atomic mass is 10.2. The molecule has 0 bridgehead atoms. The predicted octanol–water partition coefficient (Wildman–Crippen LogP) is 1.98. The second-order valence-electron chi connectivity index (χ2n) is 2.50. The molecule has 0 aliphatic heterocycles. The van der Waals surface area contributed by atoms with Crippen LogP contribution in [-0.4, -0.2) is 16.6 Å². The maximum atomic E-state index is 5.97. The minimum Gasteiger partial charge on any atom is -0.399 e. The van der Waals surface area contributed by atoms with Crippen LogP contribution in [0.2, 0.25) is 0 Å². The van der Waals surface area contributed by atoms with Crippen LogP contribution in [0.15, 0.2) is 30.3 Å². The number of benzene rings is 1. The molecule has 1 atom stereocenters. The minimum absolute atomic E-state index is 0.362. The molecular weight excluding hydrogens is 204 g/mol. The van der Waals surface area contributed by atoms with Crippen molar-refractivity contribution in [1.29, 1.82) is 0 Å². The number of rotatable bonds is 5. The van der Waals surface area contributed by atoms with Crippen molar-refractivity contribution in [1.82, 2.24) is 0 Å². The fourth-order valence-corrected chi connectivity index (χ4v) is 1.77. The molecule has 0 N–H and O–H groups in total. The normalized spacial score (nSPS) is 13.7. The maximum absolute atomic E-state index is 5.97. The summed E-state index contributed by atoms with van der Waals surface area (Å²) in [7, 11) is -0.912. The first kappa shape index (κ1) is 10.7. The average molecular weight is 217 g/mol. The molecule has 0 aromatic heterocycles. The highest BCUT2D eigenvalue weighted by Gasteiger charge is 2.05. The van der Waals surface area contributed by atoms with E-state index in [1.165, 1.54) is 0 Å². The number of halogens is 1. The molecule has 0 amide bonds. The van der Waals surface area contributed by atoms with Gasteiger partial charge >= 0.3 is 10.0 Å². The zero-order valence-electron chi connectivity index (χ0n) is 7.57. The van der Waals surface area contributed by atoms with Crippen LogP contribution in [0, 0.1) is 0 Å². The Hall–Kier alpha value is -0.353. The number of hydrogen-bond acceptors (Lipinski definition) is 2. The van der Waals surface area contributed by atoms with Gasteiger partial charge in [-0.1, -0.05) is 41.9 Å². The SMILES string of the molecule is CCO[SiH2]OC(Cl)c1ccccc1. The summed E-state index contributed by atoms with van der Waals surface area (Å²) >= 11 is 5.97. The molecule has 0 saturated heterocycles. The van der Waals surface area contributed by atoms with Crippen molar-refractivity contribution < 1.29 is 8.85 Å². The van der Waals surface area contributed by atoms with Gasteiger partial charge in [0, 0.05) is 6.61 Å². The molecule has 1 aromatic rings. The van der Waals surface area contributed by atoms with Gasteiger partial charge in [0.1, 0.15) is 5.56 Å². The Balaban J connectivity index is 2.35. The summed E-state index contributed by atoms with van der Waals surface area (Å²) in [5.41, 5.74) is 0.621. The van der Waals surface area contributed by atoms with Crippen molar-refractivity contribution in [3.8, 4) is 0 Å². The summed E-state index contributed by atoms with van der Waals surface area (Å²) in [4.78, 5) is 0. The van der Waals surface area contributed by atoms with Crippen LogP contribution in [-0.2, 0) is 8.85 Å². The van der Waals surface area contributed by atoms with Gasteiger partial charge in [-0.3, -0.25) is 0 Å². The van der Waals surface area contributed by atoms with Crippen LogP contribution in [0.4, 0.5) is 0 Å². The maximum Gasteiger partial charge on any atom is 0.306 e. The Morgan fingerprint density at radius 1 is 1.38 bits per heavy atom. The summed E-state index contributed by atoms with van der Waals surface area (Å²) in [5, 5.41) is 0. The second kappa shape index (κ2) is 6.15. The third kappa shape index (κ3) is 3.91. The van der Waals surface area contributed by atoms with E-state index in [0.717, 1.165) is 5.56 Å². The van der Waals surface area contributed by atoms with Gasteiger partial charge in [0.05, 0.1) is 0 Å². The fraction of sp³-hybridized carbons (Fsp3) is 0.333. The number of alkyl halides is 1. The smallest absolute Gasteiger partial charge is 0.306 e.